The SMILES string of the molecule is CC1CC(C)CN(c2nc(OC(C)C)ns2)C1. The molecule has 4 nitrogen and oxygen atoms in total. The largest absolute Gasteiger partial charge is 0.460 e. The average molecular weight is 255 g/mol. The summed E-state index contributed by atoms with van der Waals surface area (Å²) in [4.78, 5) is 6.79. The van der Waals surface area contributed by atoms with Gasteiger partial charge >= 0.3 is 6.01 Å². The highest BCUT2D eigenvalue weighted by molar-refractivity contribution is 7.09. The first-order valence-corrected chi connectivity index (χ1v) is 7.07. The fourth-order valence-electron chi connectivity index (χ4n) is 2.41. The van der Waals surface area contributed by atoms with Crippen molar-refractivity contribution in [2.24, 2.45) is 11.8 Å². The van der Waals surface area contributed by atoms with Crippen LogP contribution in [0.4, 0.5) is 5.13 Å². The van der Waals surface area contributed by atoms with Crippen LogP contribution in [0, 0.1) is 11.8 Å². The van der Waals surface area contributed by atoms with Gasteiger partial charge in [-0.15, -0.1) is 4.37 Å². The highest BCUT2D eigenvalue weighted by Crippen LogP contribution is 2.28. The van der Waals surface area contributed by atoms with Gasteiger partial charge in [0.25, 0.3) is 0 Å². The Hall–Kier alpha value is -0.840. The average Bonchev–Trinajstić information content (AvgIpc) is 2.63. The van der Waals surface area contributed by atoms with E-state index in [1.165, 1.54) is 18.0 Å². The number of piperidine rings is 1. The molecule has 0 N–H and O–H groups in total. The third-order valence-electron chi connectivity index (χ3n) is 2.88. The predicted molar refractivity (Wildman–Crippen MR) is 70.8 cm³/mol. The highest BCUT2D eigenvalue weighted by Gasteiger charge is 2.24. The standard InChI is InChI=1S/C12H21N3OS/c1-8(2)16-11-13-12(17-14-11)15-6-9(3)5-10(4)7-15/h8-10H,5-7H2,1-4H3. The second kappa shape index (κ2) is 5.21. The molecule has 5 heteroatoms. The van der Waals surface area contributed by atoms with Gasteiger partial charge in [-0.1, -0.05) is 13.8 Å². The summed E-state index contributed by atoms with van der Waals surface area (Å²) in [6.07, 6.45) is 1.45. The van der Waals surface area contributed by atoms with Crippen LogP contribution in [0.25, 0.3) is 0 Å². The quantitative estimate of drug-likeness (QED) is 0.832. The molecule has 2 atom stereocenters. The lowest BCUT2D eigenvalue weighted by molar-refractivity contribution is 0.225. The first-order chi connectivity index (χ1) is 8.04. The Morgan fingerprint density at radius 2 is 1.94 bits per heavy atom. The summed E-state index contributed by atoms with van der Waals surface area (Å²) >= 11 is 1.44. The minimum absolute atomic E-state index is 0.136. The molecule has 1 aliphatic rings. The van der Waals surface area contributed by atoms with Crippen molar-refractivity contribution >= 4 is 16.7 Å². The number of nitrogens with zero attached hydrogens (tertiary/aromatic N) is 3. The lowest BCUT2D eigenvalue weighted by atomic mass is 9.92. The van der Waals surface area contributed by atoms with E-state index in [9.17, 15) is 0 Å². The van der Waals surface area contributed by atoms with Gasteiger partial charge in [-0.05, 0) is 32.1 Å². The number of rotatable bonds is 3. The van der Waals surface area contributed by atoms with Gasteiger partial charge in [-0.25, -0.2) is 0 Å². The van der Waals surface area contributed by atoms with Gasteiger partial charge < -0.3 is 9.64 Å². The predicted octanol–water partition coefficient (Wildman–Crippen LogP) is 2.81. The van der Waals surface area contributed by atoms with E-state index in [0.717, 1.165) is 30.1 Å². The van der Waals surface area contributed by atoms with Crippen molar-refractivity contribution in [3.05, 3.63) is 0 Å². The maximum atomic E-state index is 5.50. The summed E-state index contributed by atoms with van der Waals surface area (Å²) in [6.45, 7) is 10.8. The van der Waals surface area contributed by atoms with Crippen molar-refractivity contribution in [1.82, 2.24) is 9.36 Å². The summed E-state index contributed by atoms with van der Waals surface area (Å²) in [7, 11) is 0. The molecule has 2 heterocycles. The van der Waals surface area contributed by atoms with E-state index in [1.54, 1.807) is 0 Å². The maximum absolute atomic E-state index is 5.50. The molecule has 1 fully saturated rings. The normalized spacial score (nSPS) is 25.4. The van der Waals surface area contributed by atoms with E-state index in [1.807, 2.05) is 13.8 Å². The number of ether oxygens (including phenoxy) is 1. The van der Waals surface area contributed by atoms with Gasteiger partial charge in [0.15, 0.2) is 0 Å². The van der Waals surface area contributed by atoms with Gasteiger partial charge in [0.1, 0.15) is 0 Å². The smallest absolute Gasteiger partial charge is 0.330 e. The summed E-state index contributed by atoms with van der Waals surface area (Å²) in [5.41, 5.74) is 0. The molecule has 0 aliphatic carbocycles. The van der Waals surface area contributed by atoms with Crippen molar-refractivity contribution < 1.29 is 4.74 Å². The minimum Gasteiger partial charge on any atom is -0.460 e. The van der Waals surface area contributed by atoms with Crippen LogP contribution in [-0.2, 0) is 0 Å². The molecule has 17 heavy (non-hydrogen) atoms. The van der Waals surface area contributed by atoms with Gasteiger partial charge in [0, 0.05) is 24.6 Å². The molecule has 1 saturated heterocycles. The molecule has 0 amide bonds. The van der Waals surface area contributed by atoms with Crippen LogP contribution in [0.3, 0.4) is 0 Å². The lowest BCUT2D eigenvalue weighted by Crippen LogP contribution is -2.38. The van der Waals surface area contributed by atoms with Crippen molar-refractivity contribution in [1.29, 1.82) is 0 Å². The van der Waals surface area contributed by atoms with Crippen LogP contribution in [0.2, 0.25) is 0 Å². The number of aromatic nitrogens is 2. The molecule has 0 spiro atoms. The highest BCUT2D eigenvalue weighted by atomic mass is 32.1. The summed E-state index contributed by atoms with van der Waals surface area (Å²) in [5.74, 6) is 1.47. The second-order valence-electron chi connectivity index (χ2n) is 5.38. The Balaban J connectivity index is 2.03. The van der Waals surface area contributed by atoms with E-state index in [2.05, 4.69) is 28.1 Å². The van der Waals surface area contributed by atoms with Gasteiger partial charge in [-0.3, -0.25) is 0 Å². The zero-order chi connectivity index (χ0) is 12.4. The first-order valence-electron chi connectivity index (χ1n) is 6.30. The Morgan fingerprint density at radius 1 is 1.29 bits per heavy atom. The molecule has 0 saturated carbocycles. The molecular weight excluding hydrogens is 234 g/mol. The van der Waals surface area contributed by atoms with Crippen molar-refractivity contribution in [3.8, 4) is 6.01 Å². The van der Waals surface area contributed by atoms with Crippen LogP contribution in [-0.4, -0.2) is 28.6 Å². The summed E-state index contributed by atoms with van der Waals surface area (Å²) in [6, 6.07) is 0.519. The van der Waals surface area contributed by atoms with E-state index in [0.29, 0.717) is 6.01 Å². The monoisotopic (exact) mass is 255 g/mol. The van der Waals surface area contributed by atoms with E-state index in [-0.39, 0.29) is 6.10 Å². The van der Waals surface area contributed by atoms with Crippen LogP contribution >= 0.6 is 11.5 Å². The fraction of sp³-hybridized carbons (Fsp3) is 0.833. The number of hydrogen-bond donors (Lipinski definition) is 0. The first kappa shape index (κ1) is 12.6. The summed E-state index contributed by atoms with van der Waals surface area (Å²) < 4.78 is 9.75. The molecular formula is C12H21N3OS. The van der Waals surface area contributed by atoms with Crippen molar-refractivity contribution in [3.63, 3.8) is 0 Å². The number of anilines is 1. The van der Waals surface area contributed by atoms with Crippen LogP contribution in [0.1, 0.15) is 34.1 Å². The molecule has 1 aromatic rings. The third kappa shape index (κ3) is 3.31. The third-order valence-corrected chi connectivity index (χ3v) is 3.64. The molecule has 0 radical (unpaired) electrons. The Morgan fingerprint density at radius 3 is 2.53 bits per heavy atom. The van der Waals surface area contributed by atoms with E-state index in [4.69, 9.17) is 4.74 Å². The van der Waals surface area contributed by atoms with E-state index < -0.39 is 0 Å². The summed E-state index contributed by atoms with van der Waals surface area (Å²) in [5, 5.41) is 0.999. The molecule has 0 bridgehead atoms. The molecule has 2 unspecified atom stereocenters. The van der Waals surface area contributed by atoms with Crippen LogP contribution in [0.15, 0.2) is 0 Å². The number of hydrogen-bond acceptors (Lipinski definition) is 5. The van der Waals surface area contributed by atoms with Crippen LogP contribution in [0.5, 0.6) is 6.01 Å². The van der Waals surface area contributed by atoms with Gasteiger partial charge in [-0.2, -0.15) is 4.98 Å². The lowest BCUT2D eigenvalue weighted by Gasteiger charge is -2.34. The van der Waals surface area contributed by atoms with Crippen LogP contribution < -0.4 is 9.64 Å². The van der Waals surface area contributed by atoms with Gasteiger partial charge in [0.05, 0.1) is 6.10 Å². The zero-order valence-electron chi connectivity index (χ0n) is 11.0. The van der Waals surface area contributed by atoms with Gasteiger partial charge in [0.2, 0.25) is 5.13 Å². The molecule has 96 valence electrons. The second-order valence-corrected chi connectivity index (χ2v) is 6.11. The minimum atomic E-state index is 0.136. The van der Waals surface area contributed by atoms with E-state index >= 15 is 0 Å². The fourth-order valence-corrected chi connectivity index (χ4v) is 3.04. The topological polar surface area (TPSA) is 38.2 Å². The van der Waals surface area contributed by atoms with Crippen molar-refractivity contribution in [2.45, 2.75) is 40.2 Å². The van der Waals surface area contributed by atoms with Crippen molar-refractivity contribution in [2.75, 3.05) is 18.0 Å². The molecule has 2 rings (SSSR count). The zero-order valence-corrected chi connectivity index (χ0v) is 11.8. The molecule has 1 aromatic heterocycles. The Labute approximate surface area is 107 Å². The molecule has 0 aromatic carbocycles. The Bertz CT molecular complexity index is 356. The Kier molecular flexibility index (Phi) is 3.86. The molecule has 1 aliphatic heterocycles. The maximum Gasteiger partial charge on any atom is 0.330 e.